The van der Waals surface area contributed by atoms with E-state index in [9.17, 15) is 0 Å². The van der Waals surface area contributed by atoms with Crippen LogP contribution in [0.15, 0.2) is 24.3 Å². The first-order valence-electron chi connectivity index (χ1n) is 6.37. The minimum Gasteiger partial charge on any atom is -0.493 e. The summed E-state index contributed by atoms with van der Waals surface area (Å²) in [6.45, 7) is 2.50. The van der Waals surface area contributed by atoms with Gasteiger partial charge in [0, 0.05) is 25.1 Å². The Morgan fingerprint density at radius 1 is 1.41 bits per heavy atom. The molecule has 1 heterocycles. The molecule has 1 unspecified atom stereocenters. The van der Waals surface area contributed by atoms with Crippen molar-refractivity contribution >= 4 is 0 Å². The SMILES string of the molecule is CNCc1ccccc1OCCC1CCCO1. The lowest BCUT2D eigenvalue weighted by Crippen LogP contribution is -2.12. The van der Waals surface area contributed by atoms with Gasteiger partial charge in [0.1, 0.15) is 5.75 Å². The Bertz CT molecular complexity index is 335. The molecule has 0 amide bonds. The van der Waals surface area contributed by atoms with Gasteiger partial charge in [-0.05, 0) is 26.0 Å². The molecule has 0 radical (unpaired) electrons. The average molecular weight is 235 g/mol. The number of benzene rings is 1. The van der Waals surface area contributed by atoms with Crippen LogP contribution in [0.3, 0.4) is 0 Å². The Labute approximate surface area is 103 Å². The molecule has 0 saturated carbocycles. The molecule has 1 aromatic carbocycles. The van der Waals surface area contributed by atoms with Crippen molar-refractivity contribution in [1.82, 2.24) is 5.32 Å². The number of rotatable bonds is 6. The summed E-state index contributed by atoms with van der Waals surface area (Å²) in [5.41, 5.74) is 1.21. The fourth-order valence-corrected chi connectivity index (χ4v) is 2.15. The topological polar surface area (TPSA) is 30.5 Å². The van der Waals surface area contributed by atoms with E-state index in [-0.39, 0.29) is 0 Å². The van der Waals surface area contributed by atoms with Gasteiger partial charge < -0.3 is 14.8 Å². The van der Waals surface area contributed by atoms with Crippen molar-refractivity contribution < 1.29 is 9.47 Å². The third-order valence-electron chi connectivity index (χ3n) is 3.06. The Morgan fingerprint density at radius 3 is 3.06 bits per heavy atom. The molecule has 1 fully saturated rings. The van der Waals surface area contributed by atoms with E-state index in [1.807, 2.05) is 25.2 Å². The minimum absolute atomic E-state index is 0.409. The van der Waals surface area contributed by atoms with Crippen LogP contribution in [0.1, 0.15) is 24.8 Å². The van der Waals surface area contributed by atoms with Crippen LogP contribution in [-0.4, -0.2) is 26.4 Å². The molecule has 1 aliphatic heterocycles. The highest BCUT2D eigenvalue weighted by atomic mass is 16.5. The predicted molar refractivity (Wildman–Crippen MR) is 68.3 cm³/mol. The highest BCUT2D eigenvalue weighted by Gasteiger charge is 2.15. The van der Waals surface area contributed by atoms with E-state index in [1.54, 1.807) is 0 Å². The van der Waals surface area contributed by atoms with Gasteiger partial charge in [-0.15, -0.1) is 0 Å². The van der Waals surface area contributed by atoms with Crippen molar-refractivity contribution in [1.29, 1.82) is 0 Å². The third-order valence-corrected chi connectivity index (χ3v) is 3.06. The summed E-state index contributed by atoms with van der Waals surface area (Å²) >= 11 is 0. The molecule has 3 heteroatoms. The van der Waals surface area contributed by atoms with Crippen LogP contribution in [0, 0.1) is 0 Å². The van der Waals surface area contributed by atoms with Crippen LogP contribution in [0.5, 0.6) is 5.75 Å². The molecule has 17 heavy (non-hydrogen) atoms. The summed E-state index contributed by atoms with van der Waals surface area (Å²) in [4.78, 5) is 0. The van der Waals surface area contributed by atoms with Crippen LogP contribution in [0.4, 0.5) is 0 Å². The van der Waals surface area contributed by atoms with Crippen molar-refractivity contribution in [2.45, 2.75) is 31.9 Å². The lowest BCUT2D eigenvalue weighted by molar-refractivity contribution is 0.0902. The molecule has 0 aliphatic carbocycles. The van der Waals surface area contributed by atoms with Gasteiger partial charge >= 0.3 is 0 Å². The van der Waals surface area contributed by atoms with E-state index in [0.29, 0.717) is 6.10 Å². The summed E-state index contributed by atoms with van der Waals surface area (Å²) in [5.74, 6) is 0.986. The maximum absolute atomic E-state index is 5.83. The largest absolute Gasteiger partial charge is 0.493 e. The monoisotopic (exact) mass is 235 g/mol. The molecule has 2 rings (SSSR count). The number of ether oxygens (including phenoxy) is 2. The Hall–Kier alpha value is -1.06. The molecule has 0 bridgehead atoms. The number of para-hydroxylation sites is 1. The Balaban J connectivity index is 1.80. The van der Waals surface area contributed by atoms with Gasteiger partial charge in [-0.3, -0.25) is 0 Å². The van der Waals surface area contributed by atoms with Gasteiger partial charge in [0.05, 0.1) is 12.7 Å². The molecule has 1 N–H and O–H groups in total. The second-order valence-electron chi connectivity index (χ2n) is 4.41. The lowest BCUT2D eigenvalue weighted by Gasteiger charge is -2.13. The molecular formula is C14H21NO2. The van der Waals surface area contributed by atoms with E-state index < -0.39 is 0 Å². The first-order valence-corrected chi connectivity index (χ1v) is 6.37. The molecule has 1 saturated heterocycles. The minimum atomic E-state index is 0.409. The molecule has 0 aromatic heterocycles. The Morgan fingerprint density at radius 2 is 2.29 bits per heavy atom. The van der Waals surface area contributed by atoms with E-state index in [4.69, 9.17) is 9.47 Å². The average Bonchev–Trinajstić information content (AvgIpc) is 2.85. The summed E-state index contributed by atoms with van der Waals surface area (Å²) < 4.78 is 11.4. The zero-order chi connectivity index (χ0) is 11.9. The molecule has 3 nitrogen and oxygen atoms in total. The quantitative estimate of drug-likeness (QED) is 0.821. The van der Waals surface area contributed by atoms with Gasteiger partial charge in [0.15, 0.2) is 0 Å². The van der Waals surface area contributed by atoms with Crippen LogP contribution >= 0.6 is 0 Å². The van der Waals surface area contributed by atoms with Crippen molar-refractivity contribution in [2.24, 2.45) is 0 Å². The summed E-state index contributed by atoms with van der Waals surface area (Å²) in [6.07, 6.45) is 3.78. The van der Waals surface area contributed by atoms with Crippen LogP contribution in [-0.2, 0) is 11.3 Å². The van der Waals surface area contributed by atoms with Crippen LogP contribution < -0.4 is 10.1 Å². The second kappa shape index (κ2) is 6.62. The first-order chi connectivity index (χ1) is 8.40. The molecule has 1 atom stereocenters. The highest BCUT2D eigenvalue weighted by Crippen LogP contribution is 2.20. The van der Waals surface area contributed by atoms with E-state index in [2.05, 4.69) is 11.4 Å². The number of hydrogen-bond acceptors (Lipinski definition) is 3. The summed E-state index contributed by atoms with van der Waals surface area (Å²) in [7, 11) is 1.95. The highest BCUT2D eigenvalue weighted by molar-refractivity contribution is 5.33. The van der Waals surface area contributed by atoms with Crippen molar-refractivity contribution in [3.63, 3.8) is 0 Å². The molecule has 0 spiro atoms. The predicted octanol–water partition coefficient (Wildman–Crippen LogP) is 2.35. The maximum Gasteiger partial charge on any atom is 0.123 e. The molecular weight excluding hydrogens is 214 g/mol. The zero-order valence-corrected chi connectivity index (χ0v) is 10.4. The lowest BCUT2D eigenvalue weighted by atomic mass is 10.2. The van der Waals surface area contributed by atoms with E-state index in [0.717, 1.165) is 31.9 Å². The normalized spacial score (nSPS) is 19.5. The zero-order valence-electron chi connectivity index (χ0n) is 10.4. The molecule has 1 aliphatic rings. The number of nitrogens with one attached hydrogen (secondary N) is 1. The second-order valence-corrected chi connectivity index (χ2v) is 4.41. The fraction of sp³-hybridized carbons (Fsp3) is 0.571. The van der Waals surface area contributed by atoms with Crippen LogP contribution in [0.25, 0.3) is 0 Å². The molecule has 1 aromatic rings. The molecule has 94 valence electrons. The van der Waals surface area contributed by atoms with Gasteiger partial charge in [0.2, 0.25) is 0 Å². The van der Waals surface area contributed by atoms with Gasteiger partial charge in [-0.2, -0.15) is 0 Å². The maximum atomic E-state index is 5.83. The van der Waals surface area contributed by atoms with Crippen molar-refractivity contribution in [2.75, 3.05) is 20.3 Å². The van der Waals surface area contributed by atoms with Gasteiger partial charge in [-0.25, -0.2) is 0 Å². The van der Waals surface area contributed by atoms with Gasteiger partial charge in [-0.1, -0.05) is 18.2 Å². The Kier molecular flexibility index (Phi) is 4.83. The van der Waals surface area contributed by atoms with Crippen molar-refractivity contribution in [3.8, 4) is 5.75 Å². The summed E-state index contributed by atoms with van der Waals surface area (Å²) in [6, 6.07) is 8.18. The van der Waals surface area contributed by atoms with Crippen molar-refractivity contribution in [3.05, 3.63) is 29.8 Å². The van der Waals surface area contributed by atoms with E-state index in [1.165, 1.54) is 18.4 Å². The number of hydrogen-bond donors (Lipinski definition) is 1. The first kappa shape index (κ1) is 12.4. The smallest absolute Gasteiger partial charge is 0.123 e. The third kappa shape index (κ3) is 3.72. The summed E-state index contributed by atoms with van der Waals surface area (Å²) in [5, 5.41) is 3.15. The van der Waals surface area contributed by atoms with Crippen LogP contribution in [0.2, 0.25) is 0 Å². The van der Waals surface area contributed by atoms with Gasteiger partial charge in [0.25, 0.3) is 0 Å². The standard InChI is InChI=1S/C14H21NO2/c1-15-11-12-5-2-3-7-14(12)17-10-8-13-6-4-9-16-13/h2-3,5,7,13,15H,4,6,8-11H2,1H3. The fourth-order valence-electron chi connectivity index (χ4n) is 2.15. The van der Waals surface area contributed by atoms with E-state index >= 15 is 0 Å².